The average molecular weight is 449 g/mol. The highest BCUT2D eigenvalue weighted by Crippen LogP contribution is 2.32. The molecule has 11 nitrogen and oxygen atoms in total. The molecule has 3 heterocycles. The molecule has 1 saturated carbocycles. The fourth-order valence-electron chi connectivity index (χ4n) is 3.81. The van der Waals surface area contributed by atoms with Crippen molar-refractivity contribution in [1.29, 1.82) is 0 Å². The minimum atomic E-state index is -0.553. The summed E-state index contributed by atoms with van der Waals surface area (Å²) in [7, 11) is 0. The van der Waals surface area contributed by atoms with Gasteiger partial charge in [-0.2, -0.15) is 10.2 Å². The van der Waals surface area contributed by atoms with E-state index >= 15 is 0 Å². The largest absolute Gasteiger partial charge is 0.483 e. The fourth-order valence-corrected chi connectivity index (χ4v) is 3.81. The molecule has 3 N–H and O–H groups in total. The van der Waals surface area contributed by atoms with Gasteiger partial charge in [-0.05, 0) is 44.6 Å². The summed E-state index contributed by atoms with van der Waals surface area (Å²) in [5, 5.41) is 25.7. The number of hydrogen-bond donors (Lipinski definition) is 3. The van der Waals surface area contributed by atoms with Crippen molar-refractivity contribution in [2.24, 2.45) is 5.92 Å². The second kappa shape index (κ2) is 12.6. The first-order valence-corrected chi connectivity index (χ1v) is 10.7. The quantitative estimate of drug-likeness (QED) is 0.533. The molecule has 0 unspecified atom stereocenters. The highest BCUT2D eigenvalue weighted by atomic mass is 16.3. The summed E-state index contributed by atoms with van der Waals surface area (Å²) in [6, 6.07) is 1.90. The number of carboxylic acid groups (broad SMARTS) is 2. The maximum Gasteiger partial charge on any atom is 0.290 e. The second-order valence-electron chi connectivity index (χ2n) is 7.83. The number of aryl methyl sites for hydroxylation is 1. The zero-order valence-electron chi connectivity index (χ0n) is 18.3. The lowest BCUT2D eigenvalue weighted by atomic mass is 9.86. The van der Waals surface area contributed by atoms with Crippen LogP contribution < -0.4 is 5.32 Å². The predicted molar refractivity (Wildman–Crippen MR) is 116 cm³/mol. The van der Waals surface area contributed by atoms with Crippen molar-refractivity contribution in [3.05, 3.63) is 36.4 Å². The first kappa shape index (κ1) is 25.1. The van der Waals surface area contributed by atoms with Crippen molar-refractivity contribution < 1.29 is 24.6 Å². The molecule has 2 aliphatic rings. The van der Waals surface area contributed by atoms with Gasteiger partial charge in [0, 0.05) is 56.9 Å². The molecule has 1 saturated heterocycles. The van der Waals surface area contributed by atoms with Crippen LogP contribution in [0, 0.1) is 5.92 Å². The Balaban J connectivity index is 0.000000547. The van der Waals surface area contributed by atoms with Gasteiger partial charge in [0.25, 0.3) is 12.9 Å². The van der Waals surface area contributed by atoms with Crippen LogP contribution in [0.1, 0.15) is 38.2 Å². The maximum absolute atomic E-state index is 13.1. The van der Waals surface area contributed by atoms with Gasteiger partial charge in [-0.25, -0.2) is 0 Å². The van der Waals surface area contributed by atoms with E-state index in [0.717, 1.165) is 45.6 Å². The highest BCUT2D eigenvalue weighted by Gasteiger charge is 2.44. The number of likely N-dealkylation sites (tertiary alicyclic amines) is 1. The summed E-state index contributed by atoms with van der Waals surface area (Å²) in [5.41, 5.74) is 0.680. The van der Waals surface area contributed by atoms with Crippen LogP contribution in [0.4, 0.5) is 0 Å². The maximum atomic E-state index is 13.1. The Morgan fingerprint density at radius 2 is 1.88 bits per heavy atom. The summed E-state index contributed by atoms with van der Waals surface area (Å²) < 4.78 is 3.83. The van der Waals surface area contributed by atoms with E-state index in [1.54, 1.807) is 6.20 Å². The van der Waals surface area contributed by atoms with Crippen molar-refractivity contribution >= 4 is 18.9 Å². The van der Waals surface area contributed by atoms with Gasteiger partial charge in [-0.1, -0.05) is 0 Å². The van der Waals surface area contributed by atoms with Crippen LogP contribution in [-0.4, -0.2) is 73.2 Å². The van der Waals surface area contributed by atoms with Crippen LogP contribution in [0.5, 0.6) is 0 Å². The molecule has 2 fully saturated rings. The highest BCUT2D eigenvalue weighted by molar-refractivity contribution is 5.84. The normalized spacial score (nSPS) is 17.2. The number of amides is 1. The molecule has 2 aromatic heterocycles. The van der Waals surface area contributed by atoms with Crippen molar-refractivity contribution in [1.82, 2.24) is 29.8 Å². The minimum Gasteiger partial charge on any atom is -0.483 e. The number of piperidine rings is 1. The Bertz CT molecular complexity index is 820. The first-order valence-electron chi connectivity index (χ1n) is 10.7. The fraction of sp³-hybridized carbons (Fsp3) is 0.571. The molecule has 0 spiro atoms. The summed E-state index contributed by atoms with van der Waals surface area (Å²) in [6.07, 6.45) is 11.8. The van der Waals surface area contributed by atoms with E-state index in [1.807, 2.05) is 27.8 Å². The molecule has 0 atom stereocenters. The van der Waals surface area contributed by atoms with E-state index < -0.39 is 5.54 Å². The molecule has 11 heteroatoms. The van der Waals surface area contributed by atoms with Gasteiger partial charge in [0.2, 0.25) is 5.91 Å². The predicted octanol–water partition coefficient (Wildman–Crippen LogP) is 1.02. The number of nitrogens with zero attached hydrogens (tertiary/aromatic N) is 5. The Hall–Kier alpha value is -3.21. The van der Waals surface area contributed by atoms with Crippen molar-refractivity contribution in [2.75, 3.05) is 19.6 Å². The standard InChI is InChI=1S/C19H28N6O.2CH2O2/c1-2-24-15-17(13-22-24)14-23-10-6-19(7-11-23,25-9-3-8-21-25)18(26)20-12-16-4-5-16;2*2-1-3/h3,8-9,13,15-16H,2,4-7,10-12,14H2,1H3,(H,20,26);2*1H,(H,2,3). The summed E-state index contributed by atoms with van der Waals surface area (Å²) in [5.74, 6) is 0.815. The molecule has 0 radical (unpaired) electrons. The summed E-state index contributed by atoms with van der Waals surface area (Å²) >= 11 is 0. The Morgan fingerprint density at radius 3 is 2.38 bits per heavy atom. The lowest BCUT2D eigenvalue weighted by Crippen LogP contribution is -2.55. The third-order valence-corrected chi connectivity index (χ3v) is 5.71. The average Bonchev–Trinajstić information content (AvgIpc) is 3.25. The zero-order chi connectivity index (χ0) is 23.4. The van der Waals surface area contributed by atoms with E-state index in [2.05, 4.69) is 33.5 Å². The lowest BCUT2D eigenvalue weighted by Gasteiger charge is -2.40. The summed E-state index contributed by atoms with van der Waals surface area (Å²) in [4.78, 5) is 32.2. The van der Waals surface area contributed by atoms with Gasteiger partial charge in [-0.15, -0.1) is 0 Å². The Labute approximate surface area is 187 Å². The number of carbonyl (C=O) groups excluding carboxylic acids is 1. The van der Waals surface area contributed by atoms with E-state index in [9.17, 15) is 4.79 Å². The van der Waals surface area contributed by atoms with Gasteiger partial charge < -0.3 is 15.5 Å². The van der Waals surface area contributed by atoms with Crippen LogP contribution in [0.2, 0.25) is 0 Å². The molecule has 32 heavy (non-hydrogen) atoms. The van der Waals surface area contributed by atoms with E-state index in [-0.39, 0.29) is 18.9 Å². The number of aromatic nitrogens is 4. The number of hydrogen-bond acceptors (Lipinski definition) is 6. The van der Waals surface area contributed by atoms with Crippen LogP contribution in [0.25, 0.3) is 0 Å². The molecular formula is C21H32N6O5. The Kier molecular flexibility index (Phi) is 9.86. The molecule has 1 amide bonds. The van der Waals surface area contributed by atoms with E-state index in [4.69, 9.17) is 19.8 Å². The molecular weight excluding hydrogens is 416 g/mol. The lowest BCUT2D eigenvalue weighted by molar-refractivity contribution is -0.133. The van der Waals surface area contributed by atoms with Crippen LogP contribution in [0.15, 0.2) is 30.9 Å². The van der Waals surface area contributed by atoms with E-state index in [1.165, 1.54) is 18.4 Å². The first-order chi connectivity index (χ1) is 15.5. The molecule has 176 valence electrons. The third kappa shape index (κ3) is 6.91. The van der Waals surface area contributed by atoms with Crippen LogP contribution >= 0.6 is 0 Å². The van der Waals surface area contributed by atoms with Gasteiger partial charge in [0.1, 0.15) is 5.54 Å². The molecule has 0 aromatic carbocycles. The molecule has 1 aliphatic carbocycles. The minimum absolute atomic E-state index is 0.131. The smallest absolute Gasteiger partial charge is 0.290 e. The van der Waals surface area contributed by atoms with E-state index in [0.29, 0.717) is 5.92 Å². The molecule has 1 aliphatic heterocycles. The van der Waals surface area contributed by atoms with Gasteiger partial charge in [0.15, 0.2) is 0 Å². The molecule has 4 rings (SSSR count). The SMILES string of the molecule is CCn1cc(CN2CCC(C(=O)NCC3CC3)(n3cccn3)CC2)cn1.O=CO.O=CO. The molecule has 2 aromatic rings. The third-order valence-electron chi connectivity index (χ3n) is 5.71. The Morgan fingerprint density at radius 1 is 1.22 bits per heavy atom. The van der Waals surface area contributed by atoms with Crippen molar-refractivity contribution in [3.8, 4) is 0 Å². The molecule has 0 bridgehead atoms. The van der Waals surface area contributed by atoms with Crippen molar-refractivity contribution in [2.45, 2.75) is 51.2 Å². The number of carbonyl (C=O) groups is 3. The monoisotopic (exact) mass is 448 g/mol. The van der Waals surface area contributed by atoms with Crippen LogP contribution in [-0.2, 0) is 33.0 Å². The number of rotatable bonds is 7. The van der Waals surface area contributed by atoms with Crippen LogP contribution in [0.3, 0.4) is 0 Å². The van der Waals surface area contributed by atoms with Gasteiger partial charge in [0.05, 0.1) is 6.20 Å². The van der Waals surface area contributed by atoms with Gasteiger partial charge >= 0.3 is 0 Å². The van der Waals surface area contributed by atoms with Crippen molar-refractivity contribution in [3.63, 3.8) is 0 Å². The number of nitrogens with one attached hydrogen (secondary N) is 1. The summed E-state index contributed by atoms with van der Waals surface area (Å²) in [6.45, 7) is 5.95. The zero-order valence-corrected chi connectivity index (χ0v) is 18.3. The van der Waals surface area contributed by atoms with Gasteiger partial charge in [-0.3, -0.25) is 28.6 Å². The second-order valence-corrected chi connectivity index (χ2v) is 7.83. The topological polar surface area (TPSA) is 143 Å².